The van der Waals surface area contributed by atoms with Gasteiger partial charge in [0.1, 0.15) is 5.76 Å². The molecule has 4 heteroatoms. The number of furan rings is 1. The van der Waals surface area contributed by atoms with Crippen molar-refractivity contribution in [2.75, 3.05) is 13.6 Å². The minimum absolute atomic E-state index is 0.00459. The second kappa shape index (κ2) is 4.49. The number of nitrogens with one attached hydrogen (secondary N) is 1. The van der Waals surface area contributed by atoms with Gasteiger partial charge in [0.2, 0.25) is 5.91 Å². The van der Waals surface area contributed by atoms with Crippen molar-refractivity contribution in [1.29, 1.82) is 0 Å². The first-order chi connectivity index (χ1) is 7.27. The lowest BCUT2D eigenvalue weighted by atomic mass is 10.2. The number of rotatable bonds is 3. The molecule has 0 aromatic carbocycles. The van der Waals surface area contributed by atoms with Crippen LogP contribution >= 0.6 is 0 Å². The first-order valence-corrected chi connectivity index (χ1v) is 5.28. The number of carbonyl (C=O) groups excluding carboxylic acids is 1. The summed E-state index contributed by atoms with van der Waals surface area (Å²) in [6, 6.07) is 3.72. The summed E-state index contributed by atoms with van der Waals surface area (Å²) in [5.74, 6) is 0.979. The van der Waals surface area contributed by atoms with E-state index in [0.717, 1.165) is 25.1 Å². The Bertz CT molecular complexity index is 315. The van der Waals surface area contributed by atoms with E-state index in [-0.39, 0.29) is 11.9 Å². The van der Waals surface area contributed by atoms with E-state index in [0.29, 0.717) is 6.54 Å². The van der Waals surface area contributed by atoms with Crippen molar-refractivity contribution in [3.05, 3.63) is 24.2 Å². The van der Waals surface area contributed by atoms with Crippen LogP contribution in [0.5, 0.6) is 0 Å². The molecule has 2 rings (SSSR count). The number of carbonyl (C=O) groups is 1. The topological polar surface area (TPSA) is 45.5 Å². The van der Waals surface area contributed by atoms with Crippen LogP contribution in [-0.2, 0) is 11.3 Å². The van der Waals surface area contributed by atoms with Crippen molar-refractivity contribution >= 4 is 5.91 Å². The van der Waals surface area contributed by atoms with Crippen LogP contribution in [0.1, 0.15) is 18.6 Å². The molecule has 0 spiro atoms. The van der Waals surface area contributed by atoms with E-state index in [1.165, 1.54) is 0 Å². The molecule has 2 heterocycles. The second-order valence-electron chi connectivity index (χ2n) is 3.92. The number of nitrogens with zero attached hydrogens (tertiary/aromatic N) is 1. The fraction of sp³-hybridized carbons (Fsp3) is 0.545. The van der Waals surface area contributed by atoms with Gasteiger partial charge in [-0.2, -0.15) is 0 Å². The molecule has 82 valence electrons. The fourth-order valence-corrected chi connectivity index (χ4v) is 1.88. The zero-order valence-corrected chi connectivity index (χ0v) is 8.90. The highest BCUT2D eigenvalue weighted by molar-refractivity contribution is 5.81. The summed E-state index contributed by atoms with van der Waals surface area (Å²) in [4.78, 5) is 13.6. The monoisotopic (exact) mass is 208 g/mol. The lowest BCUT2D eigenvalue weighted by molar-refractivity contribution is -0.132. The van der Waals surface area contributed by atoms with Crippen molar-refractivity contribution in [2.24, 2.45) is 0 Å². The van der Waals surface area contributed by atoms with E-state index in [1.807, 2.05) is 19.2 Å². The van der Waals surface area contributed by atoms with Crippen molar-refractivity contribution in [2.45, 2.75) is 25.4 Å². The Labute approximate surface area is 89.2 Å². The number of hydrogen-bond donors (Lipinski definition) is 1. The molecule has 15 heavy (non-hydrogen) atoms. The number of hydrogen-bond acceptors (Lipinski definition) is 3. The Balaban J connectivity index is 1.89. The predicted octanol–water partition coefficient (Wildman–Crippen LogP) is 0.990. The molecule has 4 nitrogen and oxygen atoms in total. The predicted molar refractivity (Wildman–Crippen MR) is 56.2 cm³/mol. The molecule has 1 fully saturated rings. The zero-order valence-electron chi connectivity index (χ0n) is 8.90. The van der Waals surface area contributed by atoms with Crippen molar-refractivity contribution in [1.82, 2.24) is 10.2 Å². The Hall–Kier alpha value is -1.29. The summed E-state index contributed by atoms with van der Waals surface area (Å²) in [5, 5.41) is 3.20. The molecule has 1 aromatic heterocycles. The molecule has 0 bridgehead atoms. The van der Waals surface area contributed by atoms with Crippen LogP contribution in [0.3, 0.4) is 0 Å². The lowest BCUT2D eigenvalue weighted by Crippen LogP contribution is -2.41. The summed E-state index contributed by atoms with van der Waals surface area (Å²) in [7, 11) is 1.81. The fourth-order valence-electron chi connectivity index (χ4n) is 1.88. The van der Waals surface area contributed by atoms with Crippen LogP contribution in [0.25, 0.3) is 0 Å². The molecule has 1 N–H and O–H groups in total. The molecule has 1 aliphatic heterocycles. The molecule has 0 aliphatic carbocycles. The largest absolute Gasteiger partial charge is 0.467 e. The van der Waals surface area contributed by atoms with Crippen LogP contribution < -0.4 is 5.32 Å². The molecule has 0 radical (unpaired) electrons. The van der Waals surface area contributed by atoms with Gasteiger partial charge in [-0.15, -0.1) is 0 Å². The zero-order chi connectivity index (χ0) is 10.7. The third-order valence-corrected chi connectivity index (χ3v) is 2.71. The maximum absolute atomic E-state index is 11.9. The Morgan fingerprint density at radius 2 is 2.60 bits per heavy atom. The van der Waals surface area contributed by atoms with Gasteiger partial charge < -0.3 is 14.6 Å². The van der Waals surface area contributed by atoms with Crippen LogP contribution in [0.15, 0.2) is 22.8 Å². The maximum Gasteiger partial charge on any atom is 0.239 e. The average Bonchev–Trinajstić information content (AvgIpc) is 2.88. The molecule has 0 saturated carbocycles. The summed E-state index contributed by atoms with van der Waals surface area (Å²) < 4.78 is 5.20. The van der Waals surface area contributed by atoms with Crippen molar-refractivity contribution < 1.29 is 9.21 Å². The van der Waals surface area contributed by atoms with Gasteiger partial charge in [0.05, 0.1) is 18.8 Å². The Kier molecular flexibility index (Phi) is 3.06. The standard InChI is InChI=1S/C11H16N2O2/c1-13(8-9-4-3-7-15-9)11(14)10-5-2-6-12-10/h3-4,7,10,12H,2,5-6,8H2,1H3. The van der Waals surface area contributed by atoms with Crippen LogP contribution in [0.2, 0.25) is 0 Å². The minimum atomic E-state index is 0.00459. The average molecular weight is 208 g/mol. The summed E-state index contributed by atoms with van der Waals surface area (Å²) in [6.07, 6.45) is 3.66. The summed E-state index contributed by atoms with van der Waals surface area (Å²) in [6.45, 7) is 1.50. The van der Waals surface area contributed by atoms with E-state index >= 15 is 0 Å². The number of likely N-dealkylation sites (N-methyl/N-ethyl adjacent to an activating group) is 1. The highest BCUT2D eigenvalue weighted by Crippen LogP contribution is 2.10. The summed E-state index contributed by atoms with van der Waals surface area (Å²) in [5.41, 5.74) is 0. The van der Waals surface area contributed by atoms with Crippen LogP contribution in [-0.4, -0.2) is 30.4 Å². The molecule has 1 aliphatic rings. The van der Waals surface area contributed by atoms with Gasteiger partial charge in [-0.05, 0) is 31.5 Å². The van der Waals surface area contributed by atoms with E-state index in [9.17, 15) is 4.79 Å². The van der Waals surface area contributed by atoms with Gasteiger partial charge in [-0.25, -0.2) is 0 Å². The highest BCUT2D eigenvalue weighted by Gasteiger charge is 2.25. The third kappa shape index (κ3) is 2.39. The van der Waals surface area contributed by atoms with E-state index < -0.39 is 0 Å². The van der Waals surface area contributed by atoms with Crippen LogP contribution in [0, 0.1) is 0 Å². The van der Waals surface area contributed by atoms with Gasteiger partial charge >= 0.3 is 0 Å². The van der Waals surface area contributed by atoms with Crippen molar-refractivity contribution in [3.8, 4) is 0 Å². The van der Waals surface area contributed by atoms with Gasteiger partial charge in [-0.3, -0.25) is 4.79 Å². The maximum atomic E-state index is 11.9. The lowest BCUT2D eigenvalue weighted by Gasteiger charge is -2.19. The molecular formula is C11H16N2O2. The number of amides is 1. The van der Waals surface area contributed by atoms with Gasteiger partial charge in [0.15, 0.2) is 0 Å². The first-order valence-electron chi connectivity index (χ1n) is 5.28. The molecule has 1 saturated heterocycles. The van der Waals surface area contributed by atoms with Gasteiger partial charge in [-0.1, -0.05) is 0 Å². The second-order valence-corrected chi connectivity index (χ2v) is 3.92. The minimum Gasteiger partial charge on any atom is -0.467 e. The molecule has 1 amide bonds. The van der Waals surface area contributed by atoms with Crippen molar-refractivity contribution in [3.63, 3.8) is 0 Å². The Morgan fingerprint density at radius 1 is 1.73 bits per heavy atom. The summed E-state index contributed by atoms with van der Waals surface area (Å²) >= 11 is 0. The molecule has 1 atom stereocenters. The SMILES string of the molecule is CN(Cc1ccco1)C(=O)C1CCCN1. The first kappa shape index (κ1) is 10.2. The highest BCUT2D eigenvalue weighted by atomic mass is 16.3. The van der Waals surface area contributed by atoms with E-state index in [1.54, 1.807) is 11.2 Å². The van der Waals surface area contributed by atoms with Gasteiger partial charge in [0, 0.05) is 7.05 Å². The van der Waals surface area contributed by atoms with E-state index in [2.05, 4.69) is 5.32 Å². The van der Waals surface area contributed by atoms with Crippen LogP contribution in [0.4, 0.5) is 0 Å². The van der Waals surface area contributed by atoms with Gasteiger partial charge in [0.25, 0.3) is 0 Å². The quantitative estimate of drug-likeness (QED) is 0.805. The molecule has 1 aromatic rings. The Morgan fingerprint density at radius 3 is 3.20 bits per heavy atom. The molecule has 1 unspecified atom stereocenters. The normalized spacial score (nSPS) is 20.5. The van der Waals surface area contributed by atoms with E-state index in [4.69, 9.17) is 4.42 Å². The smallest absolute Gasteiger partial charge is 0.239 e. The molecular weight excluding hydrogens is 192 g/mol. The third-order valence-electron chi connectivity index (χ3n) is 2.71.